The van der Waals surface area contributed by atoms with Crippen molar-refractivity contribution >= 4 is 11.9 Å². The highest BCUT2D eigenvalue weighted by Gasteiger charge is 2.12. The van der Waals surface area contributed by atoms with Crippen molar-refractivity contribution in [3.63, 3.8) is 0 Å². The Kier molecular flexibility index (Phi) is 3.97. The first-order chi connectivity index (χ1) is 7.67. The standard InChI is InChI=1S/C8H9N5O3/c1-16-8(15)7-11-5-13(12-7)4-6(14)10-3-2-9/h5H,3-4H2,1H3,(H,10,14). The van der Waals surface area contributed by atoms with Gasteiger partial charge in [-0.25, -0.2) is 14.5 Å². The van der Waals surface area contributed by atoms with Crippen molar-refractivity contribution in [2.45, 2.75) is 6.54 Å². The van der Waals surface area contributed by atoms with Crippen LogP contribution in [0.25, 0.3) is 0 Å². The average Bonchev–Trinajstić information content (AvgIpc) is 2.73. The molecule has 84 valence electrons. The van der Waals surface area contributed by atoms with E-state index < -0.39 is 5.97 Å². The van der Waals surface area contributed by atoms with Gasteiger partial charge in [-0.1, -0.05) is 0 Å². The Balaban J connectivity index is 2.56. The summed E-state index contributed by atoms with van der Waals surface area (Å²) in [4.78, 5) is 25.8. The van der Waals surface area contributed by atoms with Crippen LogP contribution in [0.1, 0.15) is 10.6 Å². The molecule has 0 spiro atoms. The summed E-state index contributed by atoms with van der Waals surface area (Å²) in [6.45, 7) is -0.178. The van der Waals surface area contributed by atoms with Crippen molar-refractivity contribution in [2.24, 2.45) is 0 Å². The minimum atomic E-state index is -0.670. The molecule has 0 fully saturated rings. The summed E-state index contributed by atoms with van der Waals surface area (Å²) in [5.74, 6) is -1.17. The molecule has 0 saturated carbocycles. The maximum absolute atomic E-state index is 11.2. The number of rotatable bonds is 4. The van der Waals surface area contributed by atoms with Gasteiger partial charge in [-0.3, -0.25) is 4.79 Å². The van der Waals surface area contributed by atoms with Crippen molar-refractivity contribution in [1.29, 1.82) is 5.26 Å². The van der Waals surface area contributed by atoms with E-state index in [0.717, 1.165) is 0 Å². The van der Waals surface area contributed by atoms with Crippen LogP contribution < -0.4 is 5.32 Å². The number of carbonyl (C=O) groups is 2. The van der Waals surface area contributed by atoms with Gasteiger partial charge in [0.05, 0.1) is 13.2 Å². The fraction of sp³-hybridized carbons (Fsp3) is 0.375. The van der Waals surface area contributed by atoms with E-state index in [9.17, 15) is 9.59 Å². The number of esters is 1. The highest BCUT2D eigenvalue weighted by atomic mass is 16.5. The number of hydrogen-bond acceptors (Lipinski definition) is 6. The van der Waals surface area contributed by atoms with Gasteiger partial charge in [0.2, 0.25) is 5.91 Å². The van der Waals surface area contributed by atoms with E-state index in [0.29, 0.717) is 0 Å². The molecular weight excluding hydrogens is 214 g/mol. The molecule has 1 amide bonds. The second-order valence-electron chi connectivity index (χ2n) is 2.69. The summed E-state index contributed by atoms with van der Waals surface area (Å²) < 4.78 is 5.58. The predicted octanol–water partition coefficient (Wildman–Crippen LogP) is -1.30. The molecule has 0 saturated heterocycles. The van der Waals surface area contributed by atoms with E-state index >= 15 is 0 Å². The Bertz CT molecular complexity index is 433. The number of nitrogens with one attached hydrogen (secondary N) is 1. The summed E-state index contributed by atoms with van der Waals surface area (Å²) in [6.07, 6.45) is 1.23. The van der Waals surface area contributed by atoms with Crippen molar-refractivity contribution < 1.29 is 14.3 Å². The molecule has 0 radical (unpaired) electrons. The lowest BCUT2D eigenvalue weighted by Crippen LogP contribution is -2.28. The molecule has 1 aromatic rings. The molecule has 1 N–H and O–H groups in total. The highest BCUT2D eigenvalue weighted by molar-refractivity contribution is 5.84. The van der Waals surface area contributed by atoms with Crippen LogP contribution in [0.15, 0.2) is 6.33 Å². The summed E-state index contributed by atoms with van der Waals surface area (Å²) in [7, 11) is 1.21. The summed E-state index contributed by atoms with van der Waals surface area (Å²) >= 11 is 0. The lowest BCUT2D eigenvalue weighted by molar-refractivity contribution is -0.121. The molecule has 8 nitrogen and oxygen atoms in total. The van der Waals surface area contributed by atoms with Crippen LogP contribution in [-0.4, -0.2) is 40.3 Å². The first-order valence-corrected chi connectivity index (χ1v) is 4.28. The van der Waals surface area contributed by atoms with Gasteiger partial charge >= 0.3 is 5.97 Å². The number of methoxy groups -OCH3 is 1. The molecule has 0 aliphatic rings. The van der Waals surface area contributed by atoms with Crippen molar-refractivity contribution in [2.75, 3.05) is 13.7 Å². The van der Waals surface area contributed by atoms with E-state index in [1.165, 1.54) is 18.1 Å². The minimum Gasteiger partial charge on any atom is -0.463 e. The Morgan fingerprint density at radius 2 is 2.44 bits per heavy atom. The first-order valence-electron chi connectivity index (χ1n) is 4.28. The summed E-state index contributed by atoms with van der Waals surface area (Å²) in [5, 5.41) is 14.3. The fourth-order valence-electron chi connectivity index (χ4n) is 0.897. The molecule has 0 unspecified atom stereocenters. The average molecular weight is 223 g/mol. The largest absolute Gasteiger partial charge is 0.463 e. The van der Waals surface area contributed by atoms with Gasteiger partial charge in [0.15, 0.2) is 0 Å². The van der Waals surface area contributed by atoms with Gasteiger partial charge < -0.3 is 10.1 Å². The Morgan fingerprint density at radius 1 is 1.69 bits per heavy atom. The number of nitriles is 1. The quantitative estimate of drug-likeness (QED) is 0.502. The van der Waals surface area contributed by atoms with Gasteiger partial charge in [0.1, 0.15) is 19.4 Å². The fourth-order valence-corrected chi connectivity index (χ4v) is 0.897. The van der Waals surface area contributed by atoms with Gasteiger partial charge in [-0.15, -0.1) is 5.10 Å². The maximum atomic E-state index is 11.2. The number of carbonyl (C=O) groups excluding carboxylic acids is 2. The van der Waals surface area contributed by atoms with Crippen LogP contribution >= 0.6 is 0 Å². The minimum absolute atomic E-state index is 0.0720. The number of amides is 1. The van der Waals surface area contributed by atoms with Gasteiger partial charge in [-0.05, 0) is 0 Å². The summed E-state index contributed by atoms with van der Waals surface area (Å²) in [6, 6.07) is 1.77. The number of aromatic nitrogens is 3. The summed E-state index contributed by atoms with van der Waals surface area (Å²) in [5.41, 5.74) is 0. The Labute approximate surface area is 90.8 Å². The second kappa shape index (κ2) is 5.45. The molecule has 1 heterocycles. The zero-order valence-corrected chi connectivity index (χ0v) is 8.51. The smallest absolute Gasteiger partial charge is 0.377 e. The van der Waals surface area contributed by atoms with E-state index in [-0.39, 0.29) is 24.8 Å². The third-order valence-corrected chi connectivity index (χ3v) is 1.57. The molecule has 16 heavy (non-hydrogen) atoms. The number of nitrogens with zero attached hydrogens (tertiary/aromatic N) is 4. The molecule has 8 heteroatoms. The van der Waals surface area contributed by atoms with Crippen LogP contribution in [0.2, 0.25) is 0 Å². The van der Waals surface area contributed by atoms with Crippen molar-refractivity contribution in [1.82, 2.24) is 20.1 Å². The normalized spacial score (nSPS) is 9.25. The third-order valence-electron chi connectivity index (χ3n) is 1.57. The molecular formula is C8H9N5O3. The molecule has 0 aromatic carbocycles. The Morgan fingerprint density at radius 3 is 3.06 bits per heavy atom. The lowest BCUT2D eigenvalue weighted by atomic mass is 10.5. The second-order valence-corrected chi connectivity index (χ2v) is 2.69. The predicted molar refractivity (Wildman–Crippen MR) is 50.0 cm³/mol. The van der Waals surface area contributed by atoms with Crippen molar-refractivity contribution in [3.05, 3.63) is 12.2 Å². The topological polar surface area (TPSA) is 110 Å². The molecule has 1 aromatic heterocycles. The molecule has 0 atom stereocenters. The number of hydrogen-bond donors (Lipinski definition) is 1. The van der Waals surface area contributed by atoms with Crippen LogP contribution in [0.5, 0.6) is 0 Å². The van der Waals surface area contributed by atoms with Gasteiger partial charge in [-0.2, -0.15) is 5.26 Å². The highest BCUT2D eigenvalue weighted by Crippen LogP contribution is 1.92. The van der Waals surface area contributed by atoms with Gasteiger partial charge in [0.25, 0.3) is 5.82 Å². The lowest BCUT2D eigenvalue weighted by Gasteiger charge is -1.99. The molecule has 0 aliphatic carbocycles. The van der Waals surface area contributed by atoms with Crippen LogP contribution in [0, 0.1) is 11.3 Å². The van der Waals surface area contributed by atoms with E-state index in [4.69, 9.17) is 5.26 Å². The zero-order chi connectivity index (χ0) is 12.0. The number of ether oxygens (including phenoxy) is 1. The van der Waals surface area contributed by atoms with Crippen LogP contribution in [0.3, 0.4) is 0 Å². The maximum Gasteiger partial charge on any atom is 0.377 e. The van der Waals surface area contributed by atoms with Crippen LogP contribution in [-0.2, 0) is 16.1 Å². The molecule has 0 bridgehead atoms. The monoisotopic (exact) mass is 223 g/mol. The SMILES string of the molecule is COC(=O)c1ncn(CC(=O)NCC#N)n1. The molecule has 0 aliphatic heterocycles. The van der Waals surface area contributed by atoms with Gasteiger partial charge in [0, 0.05) is 0 Å². The first kappa shape index (κ1) is 11.6. The van der Waals surface area contributed by atoms with E-state index in [1.54, 1.807) is 6.07 Å². The van der Waals surface area contributed by atoms with E-state index in [1.807, 2.05) is 0 Å². The molecule has 1 rings (SSSR count). The van der Waals surface area contributed by atoms with E-state index in [2.05, 4.69) is 20.1 Å². The Hall–Kier alpha value is -2.43. The van der Waals surface area contributed by atoms with Crippen LogP contribution in [0.4, 0.5) is 0 Å². The third kappa shape index (κ3) is 3.06. The van der Waals surface area contributed by atoms with Crippen molar-refractivity contribution in [3.8, 4) is 6.07 Å². The zero-order valence-electron chi connectivity index (χ0n) is 8.51.